The molecular weight excluding hydrogens is 481 g/mol. The average molecular weight is 498 g/mol. The molecule has 0 unspecified atom stereocenters. The number of esters is 1. The standard InChI is InChI=1S/C20H17Cl2N3O6S/c21-16-10-17(22)18(32(28,29)25-4-6-30-7-5-25)9-15(16)20(27)31-12-19(26)24-14-3-1-2-13(8-14)11-23/h1-3,8-10H,4-7,12H2,(H,24,26). The van der Waals surface area contributed by atoms with Crippen molar-refractivity contribution in [2.24, 2.45) is 0 Å². The number of anilines is 1. The number of ether oxygens (including phenoxy) is 2. The number of halogens is 2. The minimum Gasteiger partial charge on any atom is -0.452 e. The van der Waals surface area contributed by atoms with Gasteiger partial charge in [-0.05, 0) is 30.3 Å². The molecule has 9 nitrogen and oxygen atoms in total. The van der Waals surface area contributed by atoms with Gasteiger partial charge in [0.05, 0.1) is 40.5 Å². The van der Waals surface area contributed by atoms with E-state index < -0.39 is 28.5 Å². The van der Waals surface area contributed by atoms with Crippen LogP contribution in [-0.4, -0.2) is 57.5 Å². The van der Waals surface area contributed by atoms with Gasteiger partial charge in [0.25, 0.3) is 5.91 Å². The first kappa shape index (κ1) is 24.0. The highest BCUT2D eigenvalue weighted by atomic mass is 35.5. The van der Waals surface area contributed by atoms with Crippen LogP contribution in [0.2, 0.25) is 10.0 Å². The predicted octanol–water partition coefficient (Wildman–Crippen LogP) is 2.68. The van der Waals surface area contributed by atoms with E-state index in [-0.39, 0.29) is 46.8 Å². The Morgan fingerprint density at radius 2 is 1.88 bits per heavy atom. The number of carbonyl (C=O) groups excluding carboxylic acids is 2. The summed E-state index contributed by atoms with van der Waals surface area (Å²) >= 11 is 12.2. The van der Waals surface area contributed by atoms with Crippen molar-refractivity contribution in [1.29, 1.82) is 5.26 Å². The smallest absolute Gasteiger partial charge is 0.340 e. The van der Waals surface area contributed by atoms with Gasteiger partial charge in [0.2, 0.25) is 10.0 Å². The molecule has 0 atom stereocenters. The Balaban J connectivity index is 1.73. The molecule has 1 saturated heterocycles. The first-order chi connectivity index (χ1) is 15.2. The Hall–Kier alpha value is -2.68. The van der Waals surface area contributed by atoms with Crippen molar-refractivity contribution >= 4 is 50.8 Å². The Bertz CT molecular complexity index is 1190. The van der Waals surface area contributed by atoms with Crippen LogP contribution in [0, 0.1) is 11.3 Å². The number of hydrogen-bond donors (Lipinski definition) is 1. The first-order valence-corrected chi connectivity index (χ1v) is 11.5. The highest BCUT2D eigenvalue weighted by Crippen LogP contribution is 2.31. The van der Waals surface area contributed by atoms with Gasteiger partial charge >= 0.3 is 5.97 Å². The van der Waals surface area contributed by atoms with Crippen molar-refractivity contribution in [2.45, 2.75) is 4.90 Å². The molecule has 1 aliphatic heterocycles. The van der Waals surface area contributed by atoms with E-state index in [1.807, 2.05) is 6.07 Å². The summed E-state index contributed by atoms with van der Waals surface area (Å²) in [7, 11) is -3.99. The van der Waals surface area contributed by atoms with Crippen LogP contribution in [0.15, 0.2) is 41.3 Å². The molecule has 12 heteroatoms. The fourth-order valence-electron chi connectivity index (χ4n) is 2.88. The second kappa shape index (κ2) is 10.3. The van der Waals surface area contributed by atoms with Crippen LogP contribution in [0.5, 0.6) is 0 Å². The third-order valence-corrected chi connectivity index (χ3v) is 7.12. The lowest BCUT2D eigenvalue weighted by Gasteiger charge is -2.26. The molecule has 1 N–H and O–H groups in total. The Kier molecular flexibility index (Phi) is 7.71. The van der Waals surface area contributed by atoms with E-state index in [1.54, 1.807) is 18.2 Å². The fourth-order valence-corrected chi connectivity index (χ4v) is 5.11. The van der Waals surface area contributed by atoms with Crippen molar-refractivity contribution in [1.82, 2.24) is 4.31 Å². The molecule has 1 amide bonds. The van der Waals surface area contributed by atoms with Gasteiger partial charge in [0.1, 0.15) is 4.90 Å². The zero-order valence-corrected chi connectivity index (χ0v) is 18.8. The third-order valence-electron chi connectivity index (χ3n) is 4.44. The first-order valence-electron chi connectivity index (χ1n) is 9.26. The van der Waals surface area contributed by atoms with Crippen LogP contribution >= 0.6 is 23.2 Å². The molecule has 2 aromatic carbocycles. The third kappa shape index (κ3) is 5.56. The van der Waals surface area contributed by atoms with Crippen LogP contribution < -0.4 is 5.32 Å². The summed E-state index contributed by atoms with van der Waals surface area (Å²) in [6.07, 6.45) is 0. The van der Waals surface area contributed by atoms with Gasteiger partial charge in [-0.2, -0.15) is 9.57 Å². The zero-order valence-electron chi connectivity index (χ0n) is 16.5. The molecule has 1 fully saturated rings. The van der Waals surface area contributed by atoms with Gasteiger partial charge in [0, 0.05) is 18.8 Å². The van der Waals surface area contributed by atoms with Gasteiger partial charge < -0.3 is 14.8 Å². The average Bonchev–Trinajstić information content (AvgIpc) is 2.78. The number of nitriles is 1. The molecule has 1 aliphatic rings. The summed E-state index contributed by atoms with van der Waals surface area (Å²) in [5, 5.41) is 11.1. The fraction of sp³-hybridized carbons (Fsp3) is 0.250. The molecule has 0 aromatic heterocycles. The van der Waals surface area contributed by atoms with Crippen LogP contribution in [0.3, 0.4) is 0 Å². The lowest BCUT2D eigenvalue weighted by Crippen LogP contribution is -2.40. The van der Waals surface area contributed by atoms with Crippen molar-refractivity contribution in [3.8, 4) is 6.07 Å². The topological polar surface area (TPSA) is 126 Å². The molecule has 0 radical (unpaired) electrons. The van der Waals surface area contributed by atoms with E-state index in [0.29, 0.717) is 11.3 Å². The predicted molar refractivity (Wildman–Crippen MR) is 116 cm³/mol. The van der Waals surface area contributed by atoms with Gasteiger partial charge in [0.15, 0.2) is 6.61 Å². The second-order valence-corrected chi connectivity index (χ2v) is 9.32. The normalized spacial score (nSPS) is 14.4. The lowest BCUT2D eigenvalue weighted by atomic mass is 10.2. The van der Waals surface area contributed by atoms with E-state index in [9.17, 15) is 18.0 Å². The Morgan fingerprint density at radius 1 is 1.16 bits per heavy atom. The number of rotatable bonds is 6. The highest BCUT2D eigenvalue weighted by Gasteiger charge is 2.30. The molecule has 2 aromatic rings. The summed E-state index contributed by atoms with van der Waals surface area (Å²) in [5.41, 5.74) is 0.456. The van der Waals surface area contributed by atoms with Gasteiger partial charge in [-0.25, -0.2) is 13.2 Å². The summed E-state index contributed by atoms with van der Waals surface area (Å²) in [6, 6.07) is 10.3. The largest absolute Gasteiger partial charge is 0.452 e. The SMILES string of the molecule is N#Cc1cccc(NC(=O)COC(=O)c2cc(S(=O)(=O)N3CCOCC3)c(Cl)cc2Cl)c1. The molecule has 168 valence electrons. The molecular formula is C20H17Cl2N3O6S. The quantitative estimate of drug-likeness (QED) is 0.607. The van der Waals surface area contributed by atoms with Crippen LogP contribution in [-0.2, 0) is 24.3 Å². The number of carbonyl (C=O) groups is 2. The maximum Gasteiger partial charge on any atom is 0.340 e. The van der Waals surface area contributed by atoms with E-state index in [1.165, 1.54) is 10.4 Å². The number of nitrogens with one attached hydrogen (secondary N) is 1. The molecule has 0 saturated carbocycles. The van der Waals surface area contributed by atoms with Crippen molar-refractivity contribution in [3.05, 3.63) is 57.6 Å². The second-order valence-electron chi connectivity index (χ2n) is 6.60. The number of nitrogens with zero attached hydrogens (tertiary/aromatic N) is 2. The van der Waals surface area contributed by atoms with Crippen molar-refractivity contribution in [2.75, 3.05) is 38.2 Å². The minimum atomic E-state index is -3.99. The highest BCUT2D eigenvalue weighted by molar-refractivity contribution is 7.89. The molecule has 0 aliphatic carbocycles. The summed E-state index contributed by atoms with van der Waals surface area (Å²) in [4.78, 5) is 24.3. The van der Waals surface area contributed by atoms with E-state index in [2.05, 4.69) is 5.32 Å². The van der Waals surface area contributed by atoms with Crippen molar-refractivity contribution < 1.29 is 27.5 Å². The number of hydrogen-bond acceptors (Lipinski definition) is 7. The summed E-state index contributed by atoms with van der Waals surface area (Å²) in [5.74, 6) is -1.65. The summed E-state index contributed by atoms with van der Waals surface area (Å²) < 4.78 is 37.2. The maximum absolute atomic E-state index is 12.9. The maximum atomic E-state index is 12.9. The molecule has 3 rings (SSSR count). The number of morpholine rings is 1. The van der Waals surface area contributed by atoms with Gasteiger partial charge in [-0.1, -0.05) is 29.3 Å². The van der Waals surface area contributed by atoms with E-state index >= 15 is 0 Å². The van der Waals surface area contributed by atoms with E-state index in [4.69, 9.17) is 37.9 Å². The Morgan fingerprint density at radius 3 is 2.56 bits per heavy atom. The molecule has 0 bridgehead atoms. The lowest BCUT2D eigenvalue weighted by molar-refractivity contribution is -0.119. The van der Waals surface area contributed by atoms with Crippen LogP contribution in [0.25, 0.3) is 0 Å². The zero-order chi connectivity index (χ0) is 23.3. The number of amides is 1. The Labute approximate surface area is 194 Å². The van der Waals surface area contributed by atoms with Crippen LogP contribution in [0.4, 0.5) is 5.69 Å². The number of sulfonamides is 1. The molecule has 1 heterocycles. The summed E-state index contributed by atoms with van der Waals surface area (Å²) in [6.45, 7) is 0.125. The van der Waals surface area contributed by atoms with Crippen molar-refractivity contribution in [3.63, 3.8) is 0 Å². The van der Waals surface area contributed by atoms with Crippen LogP contribution in [0.1, 0.15) is 15.9 Å². The minimum absolute atomic E-state index is 0.122. The monoisotopic (exact) mass is 497 g/mol. The molecule has 0 spiro atoms. The molecule has 32 heavy (non-hydrogen) atoms. The number of benzene rings is 2. The van der Waals surface area contributed by atoms with E-state index in [0.717, 1.165) is 12.1 Å². The van der Waals surface area contributed by atoms with Gasteiger partial charge in [-0.15, -0.1) is 0 Å². The van der Waals surface area contributed by atoms with Gasteiger partial charge in [-0.3, -0.25) is 4.79 Å².